The number of nitrogens with zero attached hydrogens (tertiary/aromatic N) is 1. The number of amides is 1. The van der Waals surface area contributed by atoms with Crippen LogP contribution in [0.4, 0.5) is 18.9 Å². The molecule has 0 spiro atoms. The molecule has 3 aromatic rings. The monoisotopic (exact) mass is 480 g/mol. The average Bonchev–Trinajstić information content (AvgIpc) is 3.18. The van der Waals surface area contributed by atoms with Gasteiger partial charge in [0.2, 0.25) is 0 Å². The van der Waals surface area contributed by atoms with Gasteiger partial charge in [0, 0.05) is 11.6 Å². The summed E-state index contributed by atoms with van der Waals surface area (Å²) in [4.78, 5) is 29.1. The van der Waals surface area contributed by atoms with Gasteiger partial charge in [0.15, 0.2) is 6.61 Å². The number of hydrogen-bond donors (Lipinski definition) is 1. The van der Waals surface area contributed by atoms with E-state index in [1.807, 2.05) is 0 Å². The number of nitrogens with one attached hydrogen (secondary N) is 1. The molecule has 2 aromatic carbocycles. The van der Waals surface area contributed by atoms with Crippen molar-refractivity contribution in [1.82, 2.24) is 4.98 Å². The minimum absolute atomic E-state index is 0.150. The van der Waals surface area contributed by atoms with Crippen LogP contribution in [0.1, 0.15) is 20.9 Å². The van der Waals surface area contributed by atoms with Crippen LogP contribution in [-0.2, 0) is 15.7 Å². The molecule has 0 aliphatic heterocycles. The molecular formula is C22H19F3N2O5S. The number of methoxy groups -OCH3 is 2. The SMILES string of the molecule is COc1ccc(OC)c(NC(=O)COC(=O)c2sc(-c3ccc(C(F)(F)F)cc3)nc2C)c1. The van der Waals surface area contributed by atoms with E-state index >= 15 is 0 Å². The van der Waals surface area contributed by atoms with Crippen LogP contribution in [0.15, 0.2) is 42.5 Å². The zero-order valence-electron chi connectivity index (χ0n) is 17.8. The van der Waals surface area contributed by atoms with Crippen LogP contribution in [0.2, 0.25) is 0 Å². The van der Waals surface area contributed by atoms with Crippen LogP contribution in [0.5, 0.6) is 11.5 Å². The summed E-state index contributed by atoms with van der Waals surface area (Å²) in [6.45, 7) is 1.01. The molecule has 11 heteroatoms. The Morgan fingerprint density at radius 1 is 1.06 bits per heavy atom. The molecule has 1 amide bonds. The number of anilines is 1. The van der Waals surface area contributed by atoms with Gasteiger partial charge in [0.05, 0.1) is 31.2 Å². The maximum absolute atomic E-state index is 12.7. The molecule has 1 aromatic heterocycles. The van der Waals surface area contributed by atoms with Crippen molar-refractivity contribution in [2.24, 2.45) is 0 Å². The second kappa shape index (κ2) is 9.90. The number of carbonyl (C=O) groups is 2. The smallest absolute Gasteiger partial charge is 0.416 e. The van der Waals surface area contributed by atoms with E-state index in [1.165, 1.54) is 26.4 Å². The van der Waals surface area contributed by atoms with Crippen molar-refractivity contribution in [2.75, 3.05) is 26.1 Å². The molecule has 174 valence electrons. The van der Waals surface area contributed by atoms with Crippen LogP contribution < -0.4 is 14.8 Å². The predicted molar refractivity (Wildman–Crippen MR) is 116 cm³/mol. The Labute approximate surface area is 191 Å². The average molecular weight is 480 g/mol. The number of aromatic nitrogens is 1. The Morgan fingerprint density at radius 3 is 2.36 bits per heavy atom. The zero-order chi connectivity index (χ0) is 24.2. The van der Waals surface area contributed by atoms with Gasteiger partial charge in [-0.3, -0.25) is 4.79 Å². The lowest BCUT2D eigenvalue weighted by Gasteiger charge is -2.11. The van der Waals surface area contributed by atoms with Crippen LogP contribution in [0, 0.1) is 6.92 Å². The molecule has 3 rings (SSSR count). The standard InChI is InChI=1S/C22H19F3N2O5S/c1-12-19(33-20(26-12)13-4-6-14(7-5-13)22(23,24)25)21(29)32-11-18(28)27-16-10-15(30-2)8-9-17(16)31-3/h4-10H,11H2,1-3H3,(H,27,28). The minimum atomic E-state index is -4.44. The Bertz CT molecular complexity index is 1160. The van der Waals surface area contributed by atoms with Gasteiger partial charge in [-0.05, 0) is 31.2 Å². The van der Waals surface area contributed by atoms with E-state index in [4.69, 9.17) is 14.2 Å². The highest BCUT2D eigenvalue weighted by molar-refractivity contribution is 7.17. The lowest BCUT2D eigenvalue weighted by atomic mass is 10.1. The first-order chi connectivity index (χ1) is 15.6. The van der Waals surface area contributed by atoms with Crippen molar-refractivity contribution in [3.8, 4) is 22.1 Å². The first-order valence-corrected chi connectivity index (χ1v) is 10.3. The third-order valence-electron chi connectivity index (χ3n) is 4.46. The summed E-state index contributed by atoms with van der Waals surface area (Å²) >= 11 is 0.966. The van der Waals surface area contributed by atoms with Gasteiger partial charge in [-0.15, -0.1) is 11.3 Å². The number of ether oxygens (including phenoxy) is 3. The zero-order valence-corrected chi connectivity index (χ0v) is 18.6. The molecular weight excluding hydrogens is 461 g/mol. The number of carbonyl (C=O) groups excluding carboxylic acids is 2. The highest BCUT2D eigenvalue weighted by atomic mass is 32.1. The van der Waals surface area contributed by atoms with Gasteiger partial charge in [-0.25, -0.2) is 9.78 Å². The third-order valence-corrected chi connectivity index (χ3v) is 5.64. The van der Waals surface area contributed by atoms with Crippen molar-refractivity contribution in [3.63, 3.8) is 0 Å². The van der Waals surface area contributed by atoms with E-state index in [0.717, 1.165) is 23.5 Å². The van der Waals surface area contributed by atoms with Crippen molar-refractivity contribution >= 4 is 28.9 Å². The Morgan fingerprint density at radius 2 is 1.76 bits per heavy atom. The molecule has 1 heterocycles. The third kappa shape index (κ3) is 5.80. The summed E-state index contributed by atoms with van der Waals surface area (Å²) < 4.78 is 53.6. The number of alkyl halides is 3. The summed E-state index contributed by atoms with van der Waals surface area (Å²) in [7, 11) is 2.92. The highest BCUT2D eigenvalue weighted by Gasteiger charge is 2.30. The van der Waals surface area contributed by atoms with Crippen LogP contribution in [0.25, 0.3) is 10.6 Å². The molecule has 0 aliphatic rings. The van der Waals surface area contributed by atoms with Crippen LogP contribution in [-0.4, -0.2) is 37.7 Å². The lowest BCUT2D eigenvalue weighted by molar-refractivity contribution is -0.137. The number of halogens is 3. The summed E-state index contributed by atoms with van der Waals surface area (Å²) in [6.07, 6.45) is -4.44. The van der Waals surface area contributed by atoms with Crippen LogP contribution in [0.3, 0.4) is 0 Å². The molecule has 0 fully saturated rings. The molecule has 0 aliphatic carbocycles. The Hall–Kier alpha value is -3.60. The van der Waals surface area contributed by atoms with Crippen molar-refractivity contribution in [3.05, 3.63) is 58.6 Å². The van der Waals surface area contributed by atoms with Crippen molar-refractivity contribution in [1.29, 1.82) is 0 Å². The first kappa shape index (κ1) is 24.1. The minimum Gasteiger partial charge on any atom is -0.497 e. The topological polar surface area (TPSA) is 86.8 Å². The molecule has 0 atom stereocenters. The second-order valence-corrected chi connectivity index (χ2v) is 7.70. The number of thiazole rings is 1. The van der Waals surface area contributed by atoms with Gasteiger partial charge in [-0.2, -0.15) is 13.2 Å². The molecule has 7 nitrogen and oxygen atoms in total. The van der Waals surface area contributed by atoms with E-state index in [-0.39, 0.29) is 4.88 Å². The Kier molecular flexibility index (Phi) is 7.22. The molecule has 0 saturated heterocycles. The number of aryl methyl sites for hydroxylation is 1. The Balaban J connectivity index is 1.66. The van der Waals surface area contributed by atoms with E-state index in [2.05, 4.69) is 10.3 Å². The quantitative estimate of drug-likeness (QED) is 0.482. The maximum Gasteiger partial charge on any atom is 0.416 e. The lowest BCUT2D eigenvalue weighted by Crippen LogP contribution is -2.21. The van der Waals surface area contributed by atoms with Gasteiger partial charge >= 0.3 is 12.1 Å². The fourth-order valence-corrected chi connectivity index (χ4v) is 3.77. The fourth-order valence-electron chi connectivity index (χ4n) is 2.81. The molecule has 1 N–H and O–H groups in total. The van der Waals surface area contributed by atoms with E-state index < -0.39 is 30.2 Å². The second-order valence-electron chi connectivity index (χ2n) is 6.70. The van der Waals surface area contributed by atoms with Gasteiger partial charge in [-0.1, -0.05) is 12.1 Å². The van der Waals surface area contributed by atoms with E-state index in [1.54, 1.807) is 25.1 Å². The van der Waals surface area contributed by atoms with Crippen molar-refractivity contribution < 1.29 is 37.0 Å². The van der Waals surface area contributed by atoms with E-state index in [9.17, 15) is 22.8 Å². The first-order valence-electron chi connectivity index (χ1n) is 9.46. The predicted octanol–water partition coefficient (Wildman–Crippen LogP) is 4.95. The number of hydrogen-bond acceptors (Lipinski definition) is 7. The summed E-state index contributed by atoms with van der Waals surface area (Å²) in [6, 6.07) is 9.29. The molecule has 33 heavy (non-hydrogen) atoms. The van der Waals surface area contributed by atoms with E-state index in [0.29, 0.717) is 33.5 Å². The number of rotatable bonds is 7. The maximum atomic E-state index is 12.7. The number of benzene rings is 2. The van der Waals surface area contributed by atoms with Gasteiger partial charge in [0.1, 0.15) is 21.4 Å². The molecule has 0 unspecified atom stereocenters. The summed E-state index contributed by atoms with van der Waals surface area (Å²) in [5.74, 6) is -0.468. The summed E-state index contributed by atoms with van der Waals surface area (Å²) in [5, 5.41) is 2.94. The molecule has 0 saturated carbocycles. The van der Waals surface area contributed by atoms with Crippen molar-refractivity contribution in [2.45, 2.75) is 13.1 Å². The molecule has 0 bridgehead atoms. The highest BCUT2D eigenvalue weighted by Crippen LogP contribution is 2.33. The van der Waals surface area contributed by atoms with Crippen LogP contribution >= 0.6 is 11.3 Å². The fraction of sp³-hybridized carbons (Fsp3) is 0.227. The summed E-state index contributed by atoms with van der Waals surface area (Å²) in [5.41, 5.74) is 0.335. The van der Waals surface area contributed by atoms with Gasteiger partial charge < -0.3 is 19.5 Å². The largest absolute Gasteiger partial charge is 0.497 e. The number of esters is 1. The normalized spacial score (nSPS) is 11.1. The van der Waals surface area contributed by atoms with Gasteiger partial charge in [0.25, 0.3) is 5.91 Å². The molecule has 0 radical (unpaired) electrons.